The number of nitrogen functional groups attached to an aromatic ring is 2. The summed E-state index contributed by atoms with van der Waals surface area (Å²) in [4.78, 5) is 88.6. The second kappa shape index (κ2) is 28.0. The summed E-state index contributed by atoms with van der Waals surface area (Å²) in [5, 5.41) is 9.91. The summed E-state index contributed by atoms with van der Waals surface area (Å²) >= 11 is 4.24. The van der Waals surface area contributed by atoms with Gasteiger partial charge in [-0.05, 0) is 48.6 Å². The highest BCUT2D eigenvalue weighted by Gasteiger charge is 2.63. The van der Waals surface area contributed by atoms with Gasteiger partial charge in [-0.3, -0.25) is 10.5 Å². The smallest absolute Gasteiger partial charge is 0.374 e. The summed E-state index contributed by atoms with van der Waals surface area (Å²) in [7, 11) is 9.96. The van der Waals surface area contributed by atoms with Crippen molar-refractivity contribution in [2.24, 2.45) is 17.4 Å². The summed E-state index contributed by atoms with van der Waals surface area (Å²) in [6.07, 6.45) is 6.54. The Morgan fingerprint density at radius 1 is 0.723 bits per heavy atom. The maximum absolute atomic E-state index is 11.6. The first-order chi connectivity index (χ1) is 30.6. The molecule has 5 rings (SSSR count). The molecule has 3 heterocycles. The molecule has 2 bridgehead atoms. The first kappa shape index (κ1) is 59.0. The molecule has 0 spiro atoms. The van der Waals surface area contributed by atoms with Crippen LogP contribution in [0.1, 0.15) is 44.1 Å². The summed E-state index contributed by atoms with van der Waals surface area (Å²) in [5.74, 6) is -4.94. The summed E-state index contributed by atoms with van der Waals surface area (Å²) in [6, 6.07) is 7.23. The Labute approximate surface area is 396 Å². The van der Waals surface area contributed by atoms with Gasteiger partial charge in [0, 0.05) is 73.6 Å². The highest BCUT2D eigenvalue weighted by molar-refractivity contribution is 15.0. The number of furan rings is 1. The lowest BCUT2D eigenvalue weighted by Gasteiger charge is -2.25. The Hall–Kier alpha value is -6.04. The maximum atomic E-state index is 11.6. The number of carbonyl (C=O) groups excluding carboxylic acids is 8. The molecule has 65 heavy (non-hydrogen) atoms. The van der Waals surface area contributed by atoms with Crippen LogP contribution < -0.4 is 22.9 Å². The number of allylic oxidation sites excluding steroid dienone is 1. The number of aliphatic hydroxyl groups is 1. The highest BCUT2D eigenvalue weighted by Crippen LogP contribution is 2.47. The normalized spacial score (nSPS) is 20.1. The van der Waals surface area contributed by atoms with E-state index in [1.54, 1.807) is 0 Å². The van der Waals surface area contributed by atoms with Gasteiger partial charge in [0.05, 0.1) is 73.6 Å². The molecule has 358 valence electrons. The number of methoxy groups -OCH3 is 8. The van der Waals surface area contributed by atoms with Gasteiger partial charge in [-0.15, -0.1) is 0 Å². The van der Waals surface area contributed by atoms with Crippen molar-refractivity contribution in [1.29, 1.82) is 0 Å². The number of anilines is 2. The zero-order valence-electron chi connectivity index (χ0n) is 36.3. The minimum atomic E-state index is -1.86. The number of fused-ring (bicyclic) bond motifs is 2. The molecule has 1 fully saturated rings. The lowest BCUT2D eigenvalue weighted by molar-refractivity contribution is -0.164. The van der Waals surface area contributed by atoms with Crippen LogP contribution in [0.25, 0.3) is 0 Å². The number of halogens is 2. The first-order valence-corrected chi connectivity index (χ1v) is 24.1. The largest absolute Gasteiger partial charge is 0.469 e. The molecule has 3 aliphatic rings. The molecule has 23 nitrogen and oxygen atoms in total. The lowest BCUT2D eigenvalue weighted by Crippen LogP contribution is -2.46. The summed E-state index contributed by atoms with van der Waals surface area (Å²) in [6.45, 7) is 3.16. The predicted molar refractivity (Wildman–Crippen MR) is 244 cm³/mol. The molecule has 1 aromatic carbocycles. The minimum Gasteiger partial charge on any atom is -0.469 e. The Kier molecular flexibility index (Phi) is 25.4. The summed E-state index contributed by atoms with van der Waals surface area (Å²) < 4.78 is 45.9. The van der Waals surface area contributed by atoms with E-state index in [0.29, 0.717) is 0 Å². The van der Waals surface area contributed by atoms with E-state index in [9.17, 15) is 43.5 Å². The number of nitrogens with two attached hydrogens (primary N) is 4. The second-order valence-electron chi connectivity index (χ2n) is 12.5. The standard InChI is InChI=1S/2C10H13NO5.C10H11NO4.C6H7NO3.C4H6O2.I2/c1-14-7(12)6-5-9(8(13)15-2)3-4-10(6,11)16-9;1-15-8(12)6-5-10(14,9(13)16-2)4-3-7(6)11;1-14-9(12)6-3-4-8(11)7(5-6)10(13)15-2;1-9-6(8)4-2-3-5(7)10-4;1-3-4(5)6-2;1-2/h3-4,6H,5,11H2,1-2H3;3-4,14H,5,11H2,1-2H3;3-5H,11H2,1-2H3;2-3H,7H2,1H3;3H,1H2,2H3;. The van der Waals surface area contributed by atoms with Gasteiger partial charge in [-0.1, -0.05) is 6.58 Å². The Bertz CT molecular complexity index is 2140. The summed E-state index contributed by atoms with van der Waals surface area (Å²) in [5.41, 5.74) is 18.7. The molecule has 25 heteroatoms. The third kappa shape index (κ3) is 16.5. The van der Waals surface area contributed by atoms with Crippen molar-refractivity contribution in [3.63, 3.8) is 0 Å². The fourth-order valence-corrected chi connectivity index (χ4v) is 5.31. The van der Waals surface area contributed by atoms with Crippen molar-refractivity contribution < 1.29 is 90.5 Å². The van der Waals surface area contributed by atoms with Crippen LogP contribution in [0, 0.1) is 5.92 Å². The van der Waals surface area contributed by atoms with Gasteiger partial charge < -0.3 is 69.4 Å². The van der Waals surface area contributed by atoms with Crippen LogP contribution >= 0.6 is 37.2 Å². The predicted octanol–water partition coefficient (Wildman–Crippen LogP) is 2.18. The molecule has 1 saturated heterocycles. The quantitative estimate of drug-likeness (QED) is 0.0631. The third-order valence-corrected chi connectivity index (χ3v) is 8.61. The van der Waals surface area contributed by atoms with Gasteiger partial charge in [0.15, 0.2) is 22.8 Å². The van der Waals surface area contributed by atoms with Crippen LogP contribution in [-0.2, 0) is 66.6 Å². The fraction of sp³-hybridized carbons (Fsp3) is 0.350. The number of rotatable bonds is 8. The monoisotopic (exact) mass is 1140 g/mol. The topological polar surface area (TPSA) is 357 Å². The Morgan fingerprint density at radius 2 is 1.29 bits per heavy atom. The molecule has 0 saturated carbocycles. The molecule has 2 aliphatic heterocycles. The van der Waals surface area contributed by atoms with E-state index in [2.05, 4.69) is 81.7 Å². The molecule has 1 aliphatic carbocycles. The van der Waals surface area contributed by atoms with Crippen molar-refractivity contribution in [2.75, 3.05) is 68.3 Å². The van der Waals surface area contributed by atoms with Crippen molar-refractivity contribution in [3.05, 3.63) is 95.4 Å². The zero-order valence-corrected chi connectivity index (χ0v) is 40.6. The molecule has 4 unspecified atom stereocenters. The molecule has 9 N–H and O–H groups in total. The van der Waals surface area contributed by atoms with Crippen LogP contribution in [0.2, 0.25) is 0 Å². The SMILES string of the molecule is C=CC(=O)OC.COC(=O)C1=C(N)C=CC(O)(C(=O)OC)C1.COC(=O)C1CC2(C(=O)OC)C=CC1(N)O2.COC(=O)c1ccc(N)c(C(=O)OC)c1.COC(=O)c1ccc(N)o1.II. The molecule has 2 aromatic rings. The average molecular weight is 1140 g/mol. The number of carbonyl (C=O) groups is 8. The number of esters is 8. The molecule has 0 radical (unpaired) electrons. The van der Waals surface area contributed by atoms with Crippen molar-refractivity contribution >= 4 is 96.6 Å². The molecule has 0 amide bonds. The van der Waals surface area contributed by atoms with E-state index in [4.69, 9.17) is 32.1 Å². The van der Waals surface area contributed by atoms with E-state index >= 15 is 0 Å². The highest BCUT2D eigenvalue weighted by atomic mass is 128. The minimum absolute atomic E-state index is 0.0536. The number of hydrogen-bond donors (Lipinski definition) is 5. The third-order valence-electron chi connectivity index (χ3n) is 8.61. The van der Waals surface area contributed by atoms with E-state index in [1.165, 1.54) is 104 Å². The molecular formula is C40H50I2N4O19. The van der Waals surface area contributed by atoms with E-state index < -0.39 is 70.6 Å². The van der Waals surface area contributed by atoms with Crippen molar-refractivity contribution in [2.45, 2.75) is 29.8 Å². The van der Waals surface area contributed by atoms with Crippen LogP contribution in [-0.4, -0.2) is 127 Å². The van der Waals surface area contributed by atoms with Crippen LogP contribution in [0.5, 0.6) is 0 Å². The Balaban J connectivity index is 0.000000804. The van der Waals surface area contributed by atoms with Crippen LogP contribution in [0.15, 0.2) is 83.0 Å². The van der Waals surface area contributed by atoms with Gasteiger partial charge in [0.25, 0.3) is 0 Å². The number of hydrogen-bond acceptors (Lipinski definition) is 23. The average Bonchev–Trinajstić information content (AvgIpc) is 4.03. The lowest BCUT2D eigenvalue weighted by atomic mass is 9.83. The van der Waals surface area contributed by atoms with Gasteiger partial charge in [0.2, 0.25) is 5.76 Å². The zero-order chi connectivity index (χ0) is 50.3. The van der Waals surface area contributed by atoms with Crippen LogP contribution in [0.3, 0.4) is 0 Å². The van der Waals surface area contributed by atoms with Gasteiger partial charge in [-0.2, -0.15) is 0 Å². The van der Waals surface area contributed by atoms with Crippen molar-refractivity contribution in [1.82, 2.24) is 0 Å². The maximum Gasteiger partial charge on any atom is 0.374 e. The fourth-order valence-electron chi connectivity index (χ4n) is 5.31. The first-order valence-electron chi connectivity index (χ1n) is 17.8. The molecular weight excluding hydrogens is 1090 g/mol. The number of benzene rings is 1. The van der Waals surface area contributed by atoms with Crippen LogP contribution in [0.4, 0.5) is 11.6 Å². The number of ether oxygens (including phenoxy) is 9. The van der Waals surface area contributed by atoms with E-state index in [-0.39, 0.29) is 52.6 Å². The van der Waals surface area contributed by atoms with E-state index in [1.807, 2.05) is 0 Å². The molecule has 1 aromatic heterocycles. The van der Waals surface area contributed by atoms with Crippen molar-refractivity contribution in [3.8, 4) is 0 Å². The van der Waals surface area contributed by atoms with Gasteiger partial charge in [-0.25, -0.2) is 33.6 Å². The van der Waals surface area contributed by atoms with Gasteiger partial charge in [0.1, 0.15) is 5.92 Å². The second-order valence-corrected chi connectivity index (χ2v) is 12.5. The Morgan fingerprint density at radius 3 is 1.74 bits per heavy atom. The van der Waals surface area contributed by atoms with Gasteiger partial charge >= 0.3 is 47.8 Å². The van der Waals surface area contributed by atoms with E-state index in [0.717, 1.165) is 13.2 Å². The molecule has 4 atom stereocenters.